The molecular weight excluding hydrogens is 158 g/mol. The van der Waals surface area contributed by atoms with E-state index in [0.717, 1.165) is 5.69 Å². The summed E-state index contributed by atoms with van der Waals surface area (Å²) in [5.41, 5.74) is 3.61. The third-order valence-corrected chi connectivity index (χ3v) is 2.54. The Kier molecular flexibility index (Phi) is 2.99. The quantitative estimate of drug-likeness (QED) is 0.531. The van der Waals surface area contributed by atoms with Gasteiger partial charge in [-0.2, -0.15) is 0 Å². The minimum Gasteiger partial charge on any atom is -0.271 e. The standard InChI is InChI=1S/C7H13N3S/c1-5(2)7-10-6(3-9-8)4-11-7/h4-5,9H,3,8H2,1-2H3. The van der Waals surface area contributed by atoms with Crippen molar-refractivity contribution in [2.45, 2.75) is 26.3 Å². The van der Waals surface area contributed by atoms with Crippen molar-refractivity contribution >= 4 is 11.3 Å². The zero-order valence-electron chi connectivity index (χ0n) is 6.79. The Morgan fingerprint density at radius 3 is 2.91 bits per heavy atom. The molecule has 4 heteroatoms. The number of nitrogens with two attached hydrogens (primary N) is 1. The van der Waals surface area contributed by atoms with Crippen molar-refractivity contribution in [1.82, 2.24) is 10.4 Å². The molecule has 3 nitrogen and oxygen atoms in total. The van der Waals surface area contributed by atoms with E-state index in [1.165, 1.54) is 5.01 Å². The monoisotopic (exact) mass is 171 g/mol. The molecule has 1 rings (SSSR count). The molecule has 1 heterocycles. The highest BCUT2D eigenvalue weighted by molar-refractivity contribution is 7.09. The molecule has 0 spiro atoms. The van der Waals surface area contributed by atoms with Gasteiger partial charge >= 0.3 is 0 Å². The van der Waals surface area contributed by atoms with Gasteiger partial charge in [0, 0.05) is 11.3 Å². The molecule has 0 aliphatic carbocycles. The number of rotatable bonds is 3. The lowest BCUT2D eigenvalue weighted by Crippen LogP contribution is -2.20. The summed E-state index contributed by atoms with van der Waals surface area (Å²) in [5.74, 6) is 5.68. The van der Waals surface area contributed by atoms with Crippen LogP contribution >= 0.6 is 11.3 Å². The van der Waals surface area contributed by atoms with Crippen LogP contribution < -0.4 is 11.3 Å². The van der Waals surface area contributed by atoms with Crippen molar-refractivity contribution in [3.05, 3.63) is 16.1 Å². The number of hydrogen-bond acceptors (Lipinski definition) is 4. The van der Waals surface area contributed by atoms with Crippen molar-refractivity contribution < 1.29 is 0 Å². The second kappa shape index (κ2) is 3.80. The molecule has 0 aliphatic heterocycles. The Labute approximate surface area is 70.6 Å². The maximum absolute atomic E-state index is 5.16. The normalized spacial score (nSPS) is 10.9. The maximum Gasteiger partial charge on any atom is 0.0954 e. The average Bonchev–Trinajstić information content (AvgIpc) is 2.37. The van der Waals surface area contributed by atoms with Crippen LogP contribution in [0.25, 0.3) is 0 Å². The molecule has 0 aromatic carbocycles. The van der Waals surface area contributed by atoms with Crippen molar-refractivity contribution in [1.29, 1.82) is 0 Å². The van der Waals surface area contributed by atoms with Crippen LogP contribution in [0.5, 0.6) is 0 Å². The first-order chi connectivity index (χ1) is 5.24. The predicted octanol–water partition coefficient (Wildman–Crippen LogP) is 1.23. The van der Waals surface area contributed by atoms with E-state index < -0.39 is 0 Å². The van der Waals surface area contributed by atoms with Gasteiger partial charge in [0.25, 0.3) is 0 Å². The molecule has 0 saturated carbocycles. The summed E-state index contributed by atoms with van der Waals surface area (Å²) in [6, 6.07) is 0. The van der Waals surface area contributed by atoms with Gasteiger partial charge in [-0.25, -0.2) is 4.98 Å². The van der Waals surface area contributed by atoms with Crippen LogP contribution in [-0.2, 0) is 6.54 Å². The number of aromatic nitrogens is 1. The van der Waals surface area contributed by atoms with E-state index in [-0.39, 0.29) is 0 Å². The van der Waals surface area contributed by atoms with E-state index in [1.54, 1.807) is 11.3 Å². The number of nitrogens with one attached hydrogen (secondary N) is 1. The summed E-state index contributed by atoms with van der Waals surface area (Å²) in [5, 5.41) is 3.21. The highest BCUT2D eigenvalue weighted by Crippen LogP contribution is 2.18. The van der Waals surface area contributed by atoms with Gasteiger partial charge in [0.1, 0.15) is 0 Å². The van der Waals surface area contributed by atoms with Crippen molar-refractivity contribution in [3.8, 4) is 0 Å². The third-order valence-electron chi connectivity index (χ3n) is 1.35. The molecule has 0 bridgehead atoms. The number of nitrogens with zero attached hydrogens (tertiary/aromatic N) is 1. The van der Waals surface area contributed by atoms with Gasteiger partial charge in [0.15, 0.2) is 0 Å². The van der Waals surface area contributed by atoms with Gasteiger partial charge in [-0.15, -0.1) is 11.3 Å². The second-order valence-electron chi connectivity index (χ2n) is 2.71. The number of hydrogen-bond donors (Lipinski definition) is 2. The van der Waals surface area contributed by atoms with Crippen LogP contribution in [0.15, 0.2) is 5.38 Å². The summed E-state index contributed by atoms with van der Waals surface area (Å²) in [6.07, 6.45) is 0. The SMILES string of the molecule is CC(C)c1nc(CNN)cs1. The average molecular weight is 171 g/mol. The molecular formula is C7H13N3S. The first-order valence-electron chi connectivity index (χ1n) is 3.61. The van der Waals surface area contributed by atoms with Crippen LogP contribution in [0.3, 0.4) is 0 Å². The lowest BCUT2D eigenvalue weighted by molar-refractivity contribution is 0.719. The van der Waals surface area contributed by atoms with Crippen molar-refractivity contribution in [2.24, 2.45) is 5.84 Å². The first-order valence-corrected chi connectivity index (χ1v) is 4.49. The Bertz CT molecular complexity index is 219. The van der Waals surface area contributed by atoms with Gasteiger partial charge in [-0.1, -0.05) is 13.8 Å². The van der Waals surface area contributed by atoms with Crippen LogP contribution in [0.2, 0.25) is 0 Å². The molecule has 0 atom stereocenters. The van der Waals surface area contributed by atoms with Crippen molar-refractivity contribution in [2.75, 3.05) is 0 Å². The van der Waals surface area contributed by atoms with E-state index >= 15 is 0 Å². The van der Waals surface area contributed by atoms with E-state index in [4.69, 9.17) is 5.84 Å². The summed E-state index contributed by atoms with van der Waals surface area (Å²) in [7, 11) is 0. The Morgan fingerprint density at radius 2 is 2.45 bits per heavy atom. The molecule has 0 saturated heterocycles. The molecule has 0 unspecified atom stereocenters. The van der Waals surface area contributed by atoms with Crippen LogP contribution in [0, 0.1) is 0 Å². The van der Waals surface area contributed by atoms with Crippen LogP contribution in [0.1, 0.15) is 30.5 Å². The van der Waals surface area contributed by atoms with E-state index in [1.807, 2.05) is 5.38 Å². The fourth-order valence-corrected chi connectivity index (χ4v) is 1.61. The fraction of sp³-hybridized carbons (Fsp3) is 0.571. The summed E-state index contributed by atoms with van der Waals surface area (Å²) in [4.78, 5) is 4.38. The zero-order valence-corrected chi connectivity index (χ0v) is 7.61. The molecule has 11 heavy (non-hydrogen) atoms. The molecule has 0 fully saturated rings. The molecule has 0 amide bonds. The molecule has 62 valence electrons. The third kappa shape index (κ3) is 2.25. The molecule has 0 radical (unpaired) electrons. The van der Waals surface area contributed by atoms with Gasteiger partial charge in [-0.3, -0.25) is 11.3 Å². The minimum atomic E-state index is 0.520. The van der Waals surface area contributed by atoms with Gasteiger partial charge < -0.3 is 0 Å². The number of hydrazine groups is 1. The largest absolute Gasteiger partial charge is 0.271 e. The summed E-state index contributed by atoms with van der Waals surface area (Å²) in [6.45, 7) is 4.93. The zero-order chi connectivity index (χ0) is 8.27. The lowest BCUT2D eigenvalue weighted by Gasteiger charge is -1.96. The molecule has 0 aliphatic rings. The van der Waals surface area contributed by atoms with Gasteiger partial charge in [0.05, 0.1) is 17.2 Å². The van der Waals surface area contributed by atoms with Crippen LogP contribution in [-0.4, -0.2) is 4.98 Å². The van der Waals surface area contributed by atoms with Crippen LogP contribution in [0.4, 0.5) is 0 Å². The van der Waals surface area contributed by atoms with E-state index in [0.29, 0.717) is 12.5 Å². The number of thiazole rings is 1. The topological polar surface area (TPSA) is 50.9 Å². The molecule has 3 N–H and O–H groups in total. The maximum atomic E-state index is 5.16. The smallest absolute Gasteiger partial charge is 0.0954 e. The minimum absolute atomic E-state index is 0.520. The van der Waals surface area contributed by atoms with Gasteiger partial charge in [0.2, 0.25) is 0 Å². The van der Waals surface area contributed by atoms with E-state index in [9.17, 15) is 0 Å². The molecule has 1 aromatic rings. The Hall–Kier alpha value is -0.450. The lowest BCUT2D eigenvalue weighted by atomic mass is 10.2. The van der Waals surface area contributed by atoms with E-state index in [2.05, 4.69) is 24.3 Å². The Balaban J connectivity index is 2.66. The second-order valence-corrected chi connectivity index (χ2v) is 3.60. The van der Waals surface area contributed by atoms with Gasteiger partial charge in [-0.05, 0) is 0 Å². The summed E-state index contributed by atoms with van der Waals surface area (Å²) >= 11 is 1.69. The Morgan fingerprint density at radius 1 is 1.73 bits per heavy atom. The fourth-order valence-electron chi connectivity index (χ4n) is 0.774. The predicted molar refractivity (Wildman–Crippen MR) is 47.2 cm³/mol. The van der Waals surface area contributed by atoms with Crippen molar-refractivity contribution in [3.63, 3.8) is 0 Å². The first kappa shape index (κ1) is 8.64. The summed E-state index contributed by atoms with van der Waals surface area (Å²) < 4.78 is 0. The highest BCUT2D eigenvalue weighted by atomic mass is 32.1. The molecule has 1 aromatic heterocycles. The highest BCUT2D eigenvalue weighted by Gasteiger charge is 2.03.